The minimum absolute atomic E-state index is 0.165. The lowest BCUT2D eigenvalue weighted by atomic mass is 10.1. The molecule has 2 aromatic carbocycles. The fourth-order valence-electron chi connectivity index (χ4n) is 3.12. The van der Waals surface area contributed by atoms with E-state index in [1.165, 1.54) is 33.6 Å². The van der Waals surface area contributed by atoms with Gasteiger partial charge >= 0.3 is 0 Å². The average Bonchev–Trinajstić information content (AvgIpc) is 2.58. The zero-order valence-corrected chi connectivity index (χ0v) is 15.4. The van der Waals surface area contributed by atoms with Crippen molar-refractivity contribution in [2.24, 2.45) is 0 Å². The van der Waals surface area contributed by atoms with Crippen LogP contribution < -0.4 is 0 Å². The highest BCUT2D eigenvalue weighted by Gasteiger charge is 2.28. The number of sulfonamides is 1. The summed E-state index contributed by atoms with van der Waals surface area (Å²) in [7, 11) is -3.56. The Bertz CT molecular complexity index is 859. The van der Waals surface area contributed by atoms with Gasteiger partial charge in [-0.05, 0) is 43.2 Å². The maximum Gasteiger partial charge on any atom is 0.243 e. The Labute approximate surface area is 148 Å². The van der Waals surface area contributed by atoms with Gasteiger partial charge in [-0.3, -0.25) is 4.90 Å². The van der Waals surface area contributed by atoms with Crippen LogP contribution in [0.4, 0.5) is 4.39 Å². The van der Waals surface area contributed by atoms with E-state index in [4.69, 9.17) is 0 Å². The lowest BCUT2D eigenvalue weighted by Gasteiger charge is -2.34. The fourth-order valence-corrected chi connectivity index (χ4v) is 4.63. The summed E-state index contributed by atoms with van der Waals surface area (Å²) in [5.41, 5.74) is 2.81. The molecule has 2 aromatic rings. The first-order chi connectivity index (χ1) is 11.9. The second kappa shape index (κ2) is 7.23. The van der Waals surface area contributed by atoms with Crippen LogP contribution in [-0.2, 0) is 16.6 Å². The van der Waals surface area contributed by atoms with E-state index in [1.807, 2.05) is 6.07 Å². The molecule has 0 radical (unpaired) electrons. The van der Waals surface area contributed by atoms with Gasteiger partial charge in [0.15, 0.2) is 0 Å². The quantitative estimate of drug-likeness (QED) is 0.840. The molecule has 6 heteroatoms. The van der Waals surface area contributed by atoms with Gasteiger partial charge < -0.3 is 0 Å². The molecule has 0 saturated carbocycles. The third-order valence-corrected chi connectivity index (χ3v) is 6.48. The highest BCUT2D eigenvalue weighted by atomic mass is 32.2. The number of rotatable bonds is 4. The number of hydrogen-bond acceptors (Lipinski definition) is 3. The Kier molecular flexibility index (Phi) is 5.22. The molecule has 134 valence electrons. The monoisotopic (exact) mass is 362 g/mol. The normalized spacial score (nSPS) is 16.9. The molecule has 1 aliphatic heterocycles. The van der Waals surface area contributed by atoms with E-state index < -0.39 is 10.0 Å². The van der Waals surface area contributed by atoms with Crippen LogP contribution in [0.2, 0.25) is 0 Å². The maximum atomic E-state index is 13.4. The predicted molar refractivity (Wildman–Crippen MR) is 96.4 cm³/mol. The summed E-state index contributed by atoms with van der Waals surface area (Å²) in [6.07, 6.45) is 0. The second-order valence-electron chi connectivity index (χ2n) is 6.58. The molecular formula is C19H23FN2O2S. The zero-order chi connectivity index (χ0) is 18.0. The number of nitrogens with zero attached hydrogens (tertiary/aromatic N) is 2. The average molecular weight is 362 g/mol. The van der Waals surface area contributed by atoms with Gasteiger partial charge in [-0.2, -0.15) is 4.31 Å². The number of benzene rings is 2. The fraction of sp³-hybridized carbons (Fsp3) is 0.368. The van der Waals surface area contributed by atoms with Gasteiger partial charge in [0.2, 0.25) is 10.0 Å². The van der Waals surface area contributed by atoms with Crippen molar-refractivity contribution in [2.75, 3.05) is 26.2 Å². The summed E-state index contributed by atoms with van der Waals surface area (Å²) in [6.45, 7) is 6.74. The largest absolute Gasteiger partial charge is 0.296 e. The Morgan fingerprint density at radius 2 is 1.72 bits per heavy atom. The van der Waals surface area contributed by atoms with Crippen LogP contribution in [0.25, 0.3) is 0 Å². The lowest BCUT2D eigenvalue weighted by molar-refractivity contribution is 0.181. The van der Waals surface area contributed by atoms with Crippen molar-refractivity contribution in [1.82, 2.24) is 9.21 Å². The Morgan fingerprint density at radius 1 is 1.00 bits per heavy atom. The molecule has 0 atom stereocenters. The standard InChI is InChI=1S/C19H23FN2O2S/c1-15-4-3-5-17(12-15)14-21-8-10-22(11-9-21)25(23,24)18-6-7-19(20)16(2)13-18/h3-7,12-13H,8-11,14H2,1-2H3. The Hall–Kier alpha value is -1.76. The highest BCUT2D eigenvalue weighted by molar-refractivity contribution is 7.89. The molecule has 1 aliphatic rings. The van der Waals surface area contributed by atoms with Crippen LogP contribution >= 0.6 is 0 Å². The van der Waals surface area contributed by atoms with Crippen LogP contribution in [-0.4, -0.2) is 43.8 Å². The van der Waals surface area contributed by atoms with E-state index >= 15 is 0 Å². The Balaban J connectivity index is 1.66. The summed E-state index contributed by atoms with van der Waals surface area (Å²) in [6, 6.07) is 12.3. The zero-order valence-electron chi connectivity index (χ0n) is 14.6. The van der Waals surface area contributed by atoms with E-state index in [0.29, 0.717) is 31.7 Å². The summed E-state index contributed by atoms with van der Waals surface area (Å²) < 4.78 is 40.4. The number of halogens is 1. The molecule has 0 aromatic heterocycles. The SMILES string of the molecule is Cc1cccc(CN2CCN(S(=O)(=O)c3ccc(F)c(C)c3)CC2)c1. The van der Waals surface area contributed by atoms with Gasteiger partial charge in [0, 0.05) is 32.7 Å². The van der Waals surface area contributed by atoms with Crippen molar-refractivity contribution in [3.05, 3.63) is 65.0 Å². The number of piperazine rings is 1. The number of aryl methyl sites for hydroxylation is 2. The molecule has 1 heterocycles. The van der Waals surface area contributed by atoms with E-state index in [-0.39, 0.29) is 10.7 Å². The molecule has 3 rings (SSSR count). The van der Waals surface area contributed by atoms with Gasteiger partial charge in [0.25, 0.3) is 0 Å². The first kappa shape index (κ1) is 18.0. The van der Waals surface area contributed by atoms with E-state index in [0.717, 1.165) is 6.54 Å². The summed E-state index contributed by atoms with van der Waals surface area (Å²) in [5, 5.41) is 0. The van der Waals surface area contributed by atoms with Crippen molar-refractivity contribution in [2.45, 2.75) is 25.3 Å². The molecule has 0 spiro atoms. The molecule has 0 amide bonds. The minimum atomic E-state index is -3.56. The van der Waals surface area contributed by atoms with Crippen molar-refractivity contribution >= 4 is 10.0 Å². The van der Waals surface area contributed by atoms with Gasteiger partial charge in [0.05, 0.1) is 4.90 Å². The van der Waals surface area contributed by atoms with E-state index in [2.05, 4.69) is 30.0 Å². The molecule has 0 bridgehead atoms. The van der Waals surface area contributed by atoms with Gasteiger partial charge in [-0.15, -0.1) is 0 Å². The molecular weight excluding hydrogens is 339 g/mol. The molecule has 4 nitrogen and oxygen atoms in total. The van der Waals surface area contributed by atoms with Crippen LogP contribution in [0.1, 0.15) is 16.7 Å². The van der Waals surface area contributed by atoms with Gasteiger partial charge in [-0.25, -0.2) is 12.8 Å². The van der Waals surface area contributed by atoms with Crippen molar-refractivity contribution in [1.29, 1.82) is 0 Å². The van der Waals surface area contributed by atoms with Gasteiger partial charge in [-0.1, -0.05) is 29.8 Å². The Morgan fingerprint density at radius 3 is 2.36 bits per heavy atom. The molecule has 1 fully saturated rings. The summed E-state index contributed by atoms with van der Waals surface area (Å²) in [4.78, 5) is 2.43. The van der Waals surface area contributed by atoms with Crippen molar-refractivity contribution < 1.29 is 12.8 Å². The van der Waals surface area contributed by atoms with Crippen LogP contribution in [0, 0.1) is 19.7 Å². The molecule has 1 saturated heterocycles. The third kappa shape index (κ3) is 4.08. The summed E-state index contributed by atoms with van der Waals surface area (Å²) >= 11 is 0. The molecule has 0 aliphatic carbocycles. The topological polar surface area (TPSA) is 40.6 Å². The number of hydrogen-bond donors (Lipinski definition) is 0. The smallest absolute Gasteiger partial charge is 0.243 e. The van der Waals surface area contributed by atoms with Crippen LogP contribution in [0.15, 0.2) is 47.4 Å². The maximum absolute atomic E-state index is 13.4. The van der Waals surface area contributed by atoms with E-state index in [1.54, 1.807) is 6.92 Å². The molecule has 0 unspecified atom stereocenters. The minimum Gasteiger partial charge on any atom is -0.296 e. The van der Waals surface area contributed by atoms with Crippen LogP contribution in [0.3, 0.4) is 0 Å². The predicted octanol–water partition coefficient (Wildman–Crippen LogP) is 2.95. The first-order valence-corrected chi connectivity index (χ1v) is 9.84. The second-order valence-corrected chi connectivity index (χ2v) is 8.52. The van der Waals surface area contributed by atoms with Crippen LogP contribution in [0.5, 0.6) is 0 Å². The third-order valence-electron chi connectivity index (χ3n) is 4.59. The van der Waals surface area contributed by atoms with Gasteiger partial charge in [0.1, 0.15) is 5.82 Å². The summed E-state index contributed by atoms with van der Waals surface area (Å²) in [5.74, 6) is -0.387. The van der Waals surface area contributed by atoms with Crippen molar-refractivity contribution in [3.8, 4) is 0 Å². The highest BCUT2D eigenvalue weighted by Crippen LogP contribution is 2.21. The molecule has 0 N–H and O–H groups in total. The lowest BCUT2D eigenvalue weighted by Crippen LogP contribution is -2.48. The van der Waals surface area contributed by atoms with E-state index in [9.17, 15) is 12.8 Å². The first-order valence-electron chi connectivity index (χ1n) is 8.40. The molecule has 25 heavy (non-hydrogen) atoms. The van der Waals surface area contributed by atoms with Crippen molar-refractivity contribution in [3.63, 3.8) is 0 Å².